The van der Waals surface area contributed by atoms with Gasteiger partial charge in [0, 0.05) is 6.04 Å². The molecule has 2 unspecified atom stereocenters. The predicted octanol–water partition coefficient (Wildman–Crippen LogP) is 3.12. The first-order chi connectivity index (χ1) is 9.78. The number of nitrogens with one attached hydrogen (secondary N) is 1. The summed E-state index contributed by atoms with van der Waals surface area (Å²) in [7, 11) is 0. The van der Waals surface area contributed by atoms with Crippen molar-refractivity contribution < 1.29 is 13.9 Å². The molecule has 0 fully saturated rings. The molecule has 2 aromatic rings. The molecule has 0 amide bonds. The molecule has 1 heterocycles. The first kappa shape index (κ1) is 13.3. The second kappa shape index (κ2) is 5.77. The molecule has 0 aliphatic heterocycles. The largest absolute Gasteiger partial charge is 0.468 e. The highest BCUT2D eigenvalue weighted by atomic mass is 19.1. The molecule has 2 N–H and O–H groups in total. The van der Waals surface area contributed by atoms with E-state index in [0.29, 0.717) is 5.76 Å². The highest BCUT2D eigenvalue weighted by molar-refractivity contribution is 5.33. The number of hydrogen-bond acceptors (Lipinski definition) is 3. The second-order valence-corrected chi connectivity index (χ2v) is 5.21. The van der Waals surface area contributed by atoms with Crippen molar-refractivity contribution in [1.29, 1.82) is 0 Å². The molecule has 106 valence electrons. The molecule has 0 saturated carbocycles. The number of fused-ring (bicyclic) bond motifs is 1. The summed E-state index contributed by atoms with van der Waals surface area (Å²) in [6, 6.07) is 8.40. The van der Waals surface area contributed by atoms with Crippen LogP contribution in [0.1, 0.15) is 41.8 Å². The number of hydrogen-bond donors (Lipinski definition) is 2. The number of halogens is 1. The lowest BCUT2D eigenvalue weighted by molar-refractivity contribution is 0.210. The molecule has 0 saturated heterocycles. The van der Waals surface area contributed by atoms with Gasteiger partial charge in [0.05, 0.1) is 18.9 Å². The van der Waals surface area contributed by atoms with Gasteiger partial charge in [0.1, 0.15) is 11.6 Å². The van der Waals surface area contributed by atoms with Gasteiger partial charge in [-0.1, -0.05) is 6.07 Å². The molecule has 2 atom stereocenters. The highest BCUT2D eigenvalue weighted by Gasteiger charge is 2.24. The average molecular weight is 275 g/mol. The SMILES string of the molecule is OCC(NC1CCCc2ccc(F)cc21)c1ccco1. The number of benzene rings is 1. The van der Waals surface area contributed by atoms with Crippen molar-refractivity contribution in [3.8, 4) is 0 Å². The standard InChI is InChI=1S/C16H18FNO2/c17-12-7-6-11-3-1-4-14(13(11)9-12)18-15(10-19)16-5-2-8-20-16/h2,5-9,14-15,18-19H,1,3-4,10H2. The zero-order valence-corrected chi connectivity index (χ0v) is 11.2. The summed E-state index contributed by atoms with van der Waals surface area (Å²) in [5.74, 6) is 0.493. The molecular formula is C16H18FNO2. The molecule has 1 aromatic heterocycles. The van der Waals surface area contributed by atoms with E-state index in [4.69, 9.17) is 4.42 Å². The van der Waals surface area contributed by atoms with Crippen molar-refractivity contribution >= 4 is 0 Å². The highest BCUT2D eigenvalue weighted by Crippen LogP contribution is 2.32. The number of rotatable bonds is 4. The van der Waals surface area contributed by atoms with Crippen LogP contribution in [0.4, 0.5) is 4.39 Å². The molecule has 3 nitrogen and oxygen atoms in total. The van der Waals surface area contributed by atoms with Crippen LogP contribution in [0.3, 0.4) is 0 Å². The molecule has 20 heavy (non-hydrogen) atoms. The molecule has 1 aliphatic rings. The molecule has 4 heteroatoms. The Hall–Kier alpha value is -1.65. The summed E-state index contributed by atoms with van der Waals surface area (Å²) in [6.07, 6.45) is 4.58. The molecule has 0 spiro atoms. The van der Waals surface area contributed by atoms with Gasteiger partial charge in [-0.3, -0.25) is 5.32 Å². The zero-order valence-electron chi connectivity index (χ0n) is 11.2. The van der Waals surface area contributed by atoms with E-state index >= 15 is 0 Å². The van der Waals surface area contributed by atoms with E-state index < -0.39 is 0 Å². The summed E-state index contributed by atoms with van der Waals surface area (Å²) in [4.78, 5) is 0. The predicted molar refractivity (Wildman–Crippen MR) is 73.7 cm³/mol. The Kier molecular flexibility index (Phi) is 3.85. The third-order valence-electron chi connectivity index (χ3n) is 3.89. The van der Waals surface area contributed by atoms with Crippen molar-refractivity contribution in [3.63, 3.8) is 0 Å². The number of furan rings is 1. The summed E-state index contributed by atoms with van der Waals surface area (Å²) < 4.78 is 18.8. The Morgan fingerprint density at radius 2 is 2.30 bits per heavy atom. The molecule has 1 aromatic carbocycles. The summed E-state index contributed by atoms with van der Waals surface area (Å²) in [6.45, 7) is -0.0470. The number of aliphatic hydroxyl groups is 1. The normalized spacial score (nSPS) is 19.6. The summed E-state index contributed by atoms with van der Waals surface area (Å²) in [5, 5.41) is 12.9. The smallest absolute Gasteiger partial charge is 0.123 e. The fourth-order valence-electron chi connectivity index (χ4n) is 2.90. The molecule has 0 radical (unpaired) electrons. The summed E-state index contributed by atoms with van der Waals surface area (Å²) in [5.41, 5.74) is 2.19. The van der Waals surface area contributed by atoms with E-state index in [2.05, 4.69) is 5.32 Å². The first-order valence-corrected chi connectivity index (χ1v) is 6.96. The molecule has 0 bridgehead atoms. The lowest BCUT2D eigenvalue weighted by Crippen LogP contribution is -2.31. The van der Waals surface area contributed by atoms with E-state index in [1.807, 2.05) is 12.1 Å². The van der Waals surface area contributed by atoms with Gasteiger partial charge in [0.15, 0.2) is 0 Å². The first-order valence-electron chi connectivity index (χ1n) is 6.96. The van der Waals surface area contributed by atoms with Gasteiger partial charge in [-0.05, 0) is 54.7 Å². The fraction of sp³-hybridized carbons (Fsp3) is 0.375. The van der Waals surface area contributed by atoms with Crippen molar-refractivity contribution in [2.24, 2.45) is 0 Å². The van der Waals surface area contributed by atoms with Crippen LogP contribution in [0.5, 0.6) is 0 Å². The molecule has 3 rings (SSSR count). The Morgan fingerprint density at radius 1 is 1.40 bits per heavy atom. The third kappa shape index (κ3) is 2.62. The minimum Gasteiger partial charge on any atom is -0.468 e. The average Bonchev–Trinajstić information content (AvgIpc) is 2.99. The maximum atomic E-state index is 13.5. The maximum absolute atomic E-state index is 13.5. The quantitative estimate of drug-likeness (QED) is 0.901. The Labute approximate surface area is 117 Å². The van der Waals surface area contributed by atoms with Crippen LogP contribution in [0.25, 0.3) is 0 Å². The van der Waals surface area contributed by atoms with Gasteiger partial charge in [-0.25, -0.2) is 4.39 Å². The van der Waals surface area contributed by atoms with Crippen molar-refractivity contribution in [1.82, 2.24) is 5.32 Å². The van der Waals surface area contributed by atoms with Crippen LogP contribution < -0.4 is 5.32 Å². The van der Waals surface area contributed by atoms with Crippen LogP contribution in [0, 0.1) is 5.82 Å². The van der Waals surface area contributed by atoms with Gasteiger partial charge in [-0.2, -0.15) is 0 Å². The maximum Gasteiger partial charge on any atom is 0.123 e. The van der Waals surface area contributed by atoms with E-state index in [1.54, 1.807) is 18.4 Å². The number of aryl methyl sites for hydroxylation is 1. The van der Waals surface area contributed by atoms with Crippen molar-refractivity contribution in [2.75, 3.05) is 6.61 Å². The lowest BCUT2D eigenvalue weighted by atomic mass is 9.87. The van der Waals surface area contributed by atoms with Crippen LogP contribution in [0.2, 0.25) is 0 Å². The van der Waals surface area contributed by atoms with Crippen LogP contribution >= 0.6 is 0 Å². The minimum atomic E-state index is -0.260. The zero-order chi connectivity index (χ0) is 13.9. The third-order valence-corrected chi connectivity index (χ3v) is 3.89. The van der Waals surface area contributed by atoms with E-state index in [9.17, 15) is 9.50 Å². The van der Waals surface area contributed by atoms with E-state index in [0.717, 1.165) is 24.8 Å². The van der Waals surface area contributed by atoms with Crippen LogP contribution in [-0.2, 0) is 6.42 Å². The second-order valence-electron chi connectivity index (χ2n) is 5.21. The van der Waals surface area contributed by atoms with Gasteiger partial charge >= 0.3 is 0 Å². The number of aliphatic hydroxyl groups excluding tert-OH is 1. The topological polar surface area (TPSA) is 45.4 Å². The lowest BCUT2D eigenvalue weighted by Gasteiger charge is -2.29. The van der Waals surface area contributed by atoms with Crippen LogP contribution in [-0.4, -0.2) is 11.7 Å². The van der Waals surface area contributed by atoms with Gasteiger partial charge < -0.3 is 9.52 Å². The van der Waals surface area contributed by atoms with Crippen LogP contribution in [0.15, 0.2) is 41.0 Å². The fourth-order valence-corrected chi connectivity index (χ4v) is 2.90. The van der Waals surface area contributed by atoms with Gasteiger partial charge in [0.25, 0.3) is 0 Å². The molecule has 1 aliphatic carbocycles. The van der Waals surface area contributed by atoms with E-state index in [1.165, 1.54) is 11.6 Å². The Morgan fingerprint density at radius 3 is 3.05 bits per heavy atom. The van der Waals surface area contributed by atoms with Crippen molar-refractivity contribution in [2.45, 2.75) is 31.3 Å². The Balaban J connectivity index is 1.83. The summed E-state index contributed by atoms with van der Waals surface area (Å²) >= 11 is 0. The van der Waals surface area contributed by atoms with E-state index in [-0.39, 0.29) is 24.5 Å². The monoisotopic (exact) mass is 275 g/mol. The van der Waals surface area contributed by atoms with Gasteiger partial charge in [-0.15, -0.1) is 0 Å². The van der Waals surface area contributed by atoms with Gasteiger partial charge in [0.2, 0.25) is 0 Å². The minimum absolute atomic E-state index is 0.0470. The molecular weight excluding hydrogens is 257 g/mol. The Bertz CT molecular complexity index is 568. The van der Waals surface area contributed by atoms with Crippen molar-refractivity contribution in [3.05, 3.63) is 59.3 Å².